The summed E-state index contributed by atoms with van der Waals surface area (Å²) in [5, 5.41) is 11.4. The average Bonchev–Trinajstić information content (AvgIpc) is 3.13. The van der Waals surface area contributed by atoms with E-state index in [-0.39, 0.29) is 5.91 Å². The lowest BCUT2D eigenvalue weighted by Gasteiger charge is -2.19. The SMILES string of the molecule is CCC1=NCCN1CC(=O)Nc1c(C)cccc1C.O=C(O)c1ccccc1. The number of aryl methyl sites for hydroxylation is 2. The summed E-state index contributed by atoms with van der Waals surface area (Å²) >= 11 is 0. The van der Waals surface area contributed by atoms with E-state index in [1.807, 2.05) is 32.0 Å². The van der Waals surface area contributed by atoms with Gasteiger partial charge in [0.05, 0.1) is 24.5 Å². The number of rotatable bonds is 5. The second-order valence-electron chi connectivity index (χ2n) is 6.56. The zero-order chi connectivity index (χ0) is 20.5. The molecule has 2 N–H and O–H groups in total. The van der Waals surface area contributed by atoms with Crippen LogP contribution in [0.5, 0.6) is 0 Å². The van der Waals surface area contributed by atoms with Gasteiger partial charge in [0.25, 0.3) is 0 Å². The van der Waals surface area contributed by atoms with Gasteiger partial charge in [-0.25, -0.2) is 4.79 Å². The van der Waals surface area contributed by atoms with Gasteiger partial charge in [-0.1, -0.05) is 43.3 Å². The van der Waals surface area contributed by atoms with Crippen molar-refractivity contribution in [3.05, 3.63) is 65.2 Å². The van der Waals surface area contributed by atoms with Crippen LogP contribution in [0.1, 0.15) is 34.8 Å². The van der Waals surface area contributed by atoms with Gasteiger partial charge in [-0.05, 0) is 37.1 Å². The number of carbonyl (C=O) groups is 2. The minimum absolute atomic E-state index is 0.0282. The van der Waals surface area contributed by atoms with Gasteiger partial charge in [-0.3, -0.25) is 9.79 Å². The highest BCUT2D eigenvalue weighted by molar-refractivity contribution is 5.96. The van der Waals surface area contributed by atoms with Gasteiger partial charge >= 0.3 is 5.97 Å². The van der Waals surface area contributed by atoms with Gasteiger partial charge < -0.3 is 15.3 Å². The summed E-state index contributed by atoms with van der Waals surface area (Å²) in [7, 11) is 0. The van der Waals surface area contributed by atoms with Gasteiger partial charge in [0.2, 0.25) is 5.91 Å². The number of hydrogen-bond acceptors (Lipinski definition) is 4. The fourth-order valence-electron chi connectivity index (χ4n) is 2.98. The van der Waals surface area contributed by atoms with Crippen LogP contribution in [0.3, 0.4) is 0 Å². The van der Waals surface area contributed by atoms with Gasteiger partial charge in [0, 0.05) is 18.7 Å². The van der Waals surface area contributed by atoms with E-state index in [0.717, 1.165) is 42.2 Å². The number of nitrogens with zero attached hydrogens (tertiary/aromatic N) is 2. The van der Waals surface area contributed by atoms with Crippen molar-refractivity contribution >= 4 is 23.4 Å². The quantitative estimate of drug-likeness (QED) is 0.826. The van der Waals surface area contributed by atoms with Gasteiger partial charge in [-0.2, -0.15) is 0 Å². The van der Waals surface area contributed by atoms with Crippen molar-refractivity contribution in [2.45, 2.75) is 27.2 Å². The van der Waals surface area contributed by atoms with Crippen molar-refractivity contribution in [2.24, 2.45) is 4.99 Å². The monoisotopic (exact) mass is 381 g/mol. The molecule has 1 aliphatic heterocycles. The summed E-state index contributed by atoms with van der Waals surface area (Å²) in [6.07, 6.45) is 0.886. The van der Waals surface area contributed by atoms with Crippen LogP contribution in [0.15, 0.2) is 53.5 Å². The molecule has 1 amide bonds. The molecule has 0 unspecified atom stereocenters. The van der Waals surface area contributed by atoms with E-state index < -0.39 is 5.97 Å². The van der Waals surface area contributed by atoms with Crippen LogP contribution in [0.4, 0.5) is 5.69 Å². The number of benzene rings is 2. The Morgan fingerprint density at radius 2 is 1.71 bits per heavy atom. The predicted octanol–water partition coefficient (Wildman–Crippen LogP) is 3.75. The van der Waals surface area contributed by atoms with E-state index in [1.165, 1.54) is 0 Å². The van der Waals surface area contributed by atoms with E-state index in [2.05, 4.69) is 22.1 Å². The molecule has 0 radical (unpaired) electrons. The van der Waals surface area contributed by atoms with E-state index in [0.29, 0.717) is 12.1 Å². The topological polar surface area (TPSA) is 82.0 Å². The highest BCUT2D eigenvalue weighted by Crippen LogP contribution is 2.19. The summed E-state index contributed by atoms with van der Waals surface area (Å²) in [6, 6.07) is 14.3. The van der Waals surface area contributed by atoms with Gasteiger partial charge in [0.1, 0.15) is 0 Å². The lowest BCUT2D eigenvalue weighted by atomic mass is 10.1. The zero-order valence-electron chi connectivity index (χ0n) is 16.6. The number of hydrogen-bond donors (Lipinski definition) is 2. The Hall–Kier alpha value is -3.15. The first-order valence-electron chi connectivity index (χ1n) is 9.35. The summed E-state index contributed by atoms with van der Waals surface area (Å²) in [5.41, 5.74) is 3.46. The van der Waals surface area contributed by atoms with Gasteiger partial charge in [-0.15, -0.1) is 0 Å². The minimum atomic E-state index is -0.879. The molecule has 3 rings (SSSR count). The minimum Gasteiger partial charge on any atom is -0.478 e. The lowest BCUT2D eigenvalue weighted by Crippen LogP contribution is -2.35. The molecule has 2 aromatic carbocycles. The normalized spacial score (nSPS) is 12.7. The molecule has 0 saturated carbocycles. The molecule has 0 fully saturated rings. The number of amides is 1. The molecule has 0 saturated heterocycles. The predicted molar refractivity (Wildman–Crippen MR) is 112 cm³/mol. The number of carbonyl (C=O) groups excluding carboxylic acids is 1. The highest BCUT2D eigenvalue weighted by Gasteiger charge is 2.18. The first kappa shape index (κ1) is 21.2. The average molecular weight is 381 g/mol. The third-order valence-corrected chi connectivity index (χ3v) is 4.45. The molecule has 1 heterocycles. The third-order valence-electron chi connectivity index (χ3n) is 4.45. The number of aromatic carboxylic acids is 1. The van der Waals surface area contributed by atoms with Crippen molar-refractivity contribution in [3.63, 3.8) is 0 Å². The summed E-state index contributed by atoms with van der Waals surface area (Å²) in [4.78, 5) is 28.8. The van der Waals surface area contributed by atoms with Crippen molar-refractivity contribution in [1.29, 1.82) is 0 Å². The maximum atomic E-state index is 12.1. The number of nitrogens with one attached hydrogen (secondary N) is 1. The van der Waals surface area contributed by atoms with Crippen molar-refractivity contribution in [1.82, 2.24) is 4.90 Å². The molecule has 0 atom stereocenters. The van der Waals surface area contributed by atoms with E-state index in [9.17, 15) is 9.59 Å². The summed E-state index contributed by atoms with van der Waals surface area (Å²) < 4.78 is 0. The number of carboxylic acid groups (broad SMARTS) is 1. The fraction of sp³-hybridized carbons (Fsp3) is 0.318. The first-order valence-corrected chi connectivity index (χ1v) is 9.35. The Balaban J connectivity index is 0.000000261. The molecular weight excluding hydrogens is 354 g/mol. The second kappa shape index (κ2) is 10.3. The molecule has 6 nitrogen and oxygen atoms in total. The smallest absolute Gasteiger partial charge is 0.335 e. The Kier molecular flexibility index (Phi) is 7.75. The number of anilines is 1. The third kappa shape index (κ3) is 5.94. The number of para-hydroxylation sites is 1. The fourth-order valence-corrected chi connectivity index (χ4v) is 2.98. The van der Waals surface area contributed by atoms with Crippen LogP contribution < -0.4 is 5.32 Å². The van der Waals surface area contributed by atoms with Gasteiger partial charge in [0.15, 0.2) is 0 Å². The van der Waals surface area contributed by atoms with Crippen LogP contribution >= 0.6 is 0 Å². The highest BCUT2D eigenvalue weighted by atomic mass is 16.4. The molecule has 6 heteroatoms. The zero-order valence-corrected chi connectivity index (χ0v) is 16.6. The number of carboxylic acids is 1. The Labute approximate surface area is 165 Å². The van der Waals surface area contributed by atoms with Crippen molar-refractivity contribution in [2.75, 3.05) is 25.0 Å². The second-order valence-corrected chi connectivity index (χ2v) is 6.56. The molecule has 0 aliphatic carbocycles. The van der Waals surface area contributed by atoms with Crippen LogP contribution in [-0.2, 0) is 4.79 Å². The Morgan fingerprint density at radius 1 is 1.07 bits per heavy atom. The molecule has 28 heavy (non-hydrogen) atoms. The summed E-state index contributed by atoms with van der Waals surface area (Å²) in [6.45, 7) is 8.14. The van der Waals surface area contributed by atoms with Crippen LogP contribution in [-0.4, -0.2) is 47.4 Å². The molecule has 0 bridgehead atoms. The molecule has 2 aromatic rings. The van der Waals surface area contributed by atoms with Crippen LogP contribution in [0, 0.1) is 13.8 Å². The van der Waals surface area contributed by atoms with Crippen molar-refractivity contribution < 1.29 is 14.7 Å². The summed E-state index contributed by atoms with van der Waals surface area (Å²) in [5.74, 6) is 0.188. The van der Waals surface area contributed by atoms with Crippen molar-refractivity contribution in [3.8, 4) is 0 Å². The number of amidine groups is 1. The maximum absolute atomic E-state index is 12.1. The number of aliphatic imine (C=N–C) groups is 1. The van der Waals surface area contributed by atoms with E-state index in [4.69, 9.17) is 5.11 Å². The molecule has 148 valence electrons. The molecule has 1 aliphatic rings. The first-order chi connectivity index (χ1) is 13.4. The van der Waals surface area contributed by atoms with Crippen LogP contribution in [0.2, 0.25) is 0 Å². The largest absolute Gasteiger partial charge is 0.478 e. The van der Waals surface area contributed by atoms with Crippen LogP contribution in [0.25, 0.3) is 0 Å². The molecule has 0 spiro atoms. The van der Waals surface area contributed by atoms with E-state index in [1.54, 1.807) is 30.3 Å². The lowest BCUT2D eigenvalue weighted by molar-refractivity contribution is -0.116. The molecular formula is C22H27N3O3. The maximum Gasteiger partial charge on any atom is 0.335 e. The standard InChI is InChI=1S/C15H21N3O.C7H6O2/c1-4-13-16-8-9-18(13)10-14(19)17-15-11(2)6-5-7-12(15)3;8-7(9)6-4-2-1-3-5-6/h5-7H,4,8-10H2,1-3H3,(H,17,19);1-5H,(H,8,9). The Bertz CT molecular complexity index is 827. The Morgan fingerprint density at radius 3 is 2.25 bits per heavy atom. The molecule has 0 aromatic heterocycles. The van der Waals surface area contributed by atoms with E-state index >= 15 is 0 Å².